The minimum absolute atomic E-state index is 0.156. The Morgan fingerprint density at radius 1 is 0.917 bits per heavy atom. The highest BCUT2D eigenvalue weighted by Gasteiger charge is 2.40. The summed E-state index contributed by atoms with van der Waals surface area (Å²) in [6, 6.07) is 18.9. The fourth-order valence-electron chi connectivity index (χ4n) is 8.62. The van der Waals surface area contributed by atoms with E-state index in [1.54, 1.807) is 38.8 Å². The van der Waals surface area contributed by atoms with Crippen LogP contribution in [-0.2, 0) is 44.8 Å². The number of carbonyl (C=O) groups excluding carboxylic acids is 4. The van der Waals surface area contributed by atoms with Crippen LogP contribution in [0.2, 0.25) is 5.02 Å². The van der Waals surface area contributed by atoms with Crippen LogP contribution >= 0.6 is 18.7 Å². The molecule has 0 radical (unpaired) electrons. The fourth-order valence-corrected chi connectivity index (χ4v) is 10.1. The van der Waals surface area contributed by atoms with Gasteiger partial charge in [-0.15, -0.1) is 0 Å². The van der Waals surface area contributed by atoms with Crippen LogP contribution in [0.3, 0.4) is 0 Å². The van der Waals surface area contributed by atoms with Crippen molar-refractivity contribution in [3.05, 3.63) is 111 Å². The lowest BCUT2D eigenvalue weighted by Crippen LogP contribution is -2.52. The van der Waals surface area contributed by atoms with Crippen molar-refractivity contribution in [3.63, 3.8) is 0 Å². The van der Waals surface area contributed by atoms with E-state index in [0.29, 0.717) is 47.8 Å². The summed E-state index contributed by atoms with van der Waals surface area (Å²) in [5.74, 6) is 0.622. The van der Waals surface area contributed by atoms with Crippen LogP contribution < -0.4 is 20.3 Å². The molecule has 0 bridgehead atoms. The number of piperidine rings is 1. The number of hydrogen-bond acceptors (Lipinski definition) is 10. The Morgan fingerprint density at radius 2 is 1.68 bits per heavy atom. The third-order valence-corrected chi connectivity index (χ3v) is 13.8. The number of halogens is 1. The van der Waals surface area contributed by atoms with E-state index in [-0.39, 0.29) is 37.0 Å². The number of ketones is 1. The molecule has 316 valence electrons. The second kappa shape index (κ2) is 19.2. The first-order valence-electron chi connectivity index (χ1n) is 20.9. The number of unbranched alkanes of at least 4 members (excludes halogenated alkanes) is 3. The predicted octanol–water partition coefficient (Wildman–Crippen LogP) is 6.21. The highest BCUT2D eigenvalue weighted by molar-refractivity contribution is 7.70. The lowest BCUT2D eigenvalue weighted by atomic mass is 9.97. The summed E-state index contributed by atoms with van der Waals surface area (Å²) in [7, 11) is -0.785. The maximum absolute atomic E-state index is 13.1. The Morgan fingerprint density at radius 3 is 2.45 bits per heavy atom. The van der Waals surface area contributed by atoms with Gasteiger partial charge in [0.2, 0.25) is 11.8 Å². The van der Waals surface area contributed by atoms with Crippen molar-refractivity contribution in [2.24, 2.45) is 0 Å². The number of Topliss-reactive ketones (excluding diaryl/α,β-unsaturated/α-hetero) is 1. The molecule has 4 aromatic rings. The number of nitrogens with zero attached hydrogens (tertiary/aromatic N) is 5. The van der Waals surface area contributed by atoms with E-state index in [0.717, 1.165) is 97.4 Å². The van der Waals surface area contributed by atoms with E-state index in [2.05, 4.69) is 38.3 Å². The van der Waals surface area contributed by atoms with Gasteiger partial charge in [0.05, 0.1) is 17.8 Å². The zero-order valence-electron chi connectivity index (χ0n) is 34.8. The van der Waals surface area contributed by atoms with Gasteiger partial charge in [-0.05, 0) is 68.0 Å². The van der Waals surface area contributed by atoms with Crippen molar-refractivity contribution in [1.82, 2.24) is 25.1 Å². The molecule has 12 nitrogen and oxygen atoms in total. The number of aromatic nitrogens is 2. The molecule has 3 aliphatic rings. The molecule has 2 fully saturated rings. The van der Waals surface area contributed by atoms with Gasteiger partial charge < -0.3 is 19.1 Å². The van der Waals surface area contributed by atoms with Crippen LogP contribution in [0.4, 0.5) is 5.69 Å². The van der Waals surface area contributed by atoms with Gasteiger partial charge in [0, 0.05) is 99.2 Å². The summed E-state index contributed by atoms with van der Waals surface area (Å²) < 4.78 is 18.8. The lowest BCUT2D eigenvalue weighted by Gasteiger charge is -2.36. The van der Waals surface area contributed by atoms with Crippen LogP contribution in [0.15, 0.2) is 66.9 Å². The summed E-state index contributed by atoms with van der Waals surface area (Å²) in [5.41, 5.74) is 5.97. The number of carbonyl (C=O) groups is 4. The molecule has 4 heterocycles. The van der Waals surface area contributed by atoms with Gasteiger partial charge in [-0.2, -0.15) is 0 Å². The Balaban J connectivity index is 0.827. The van der Waals surface area contributed by atoms with Crippen molar-refractivity contribution in [2.45, 2.75) is 76.8 Å². The Labute approximate surface area is 357 Å². The molecule has 0 spiro atoms. The van der Waals surface area contributed by atoms with Gasteiger partial charge >= 0.3 is 0 Å². The van der Waals surface area contributed by atoms with Gasteiger partial charge in [-0.1, -0.05) is 66.9 Å². The quantitative estimate of drug-likeness (QED) is 0.0741. The molecule has 0 aliphatic carbocycles. The zero-order chi connectivity index (χ0) is 42.4. The van der Waals surface area contributed by atoms with Gasteiger partial charge in [-0.3, -0.25) is 29.4 Å². The molecular weight excluding hydrogens is 799 g/mol. The van der Waals surface area contributed by atoms with E-state index in [4.69, 9.17) is 21.3 Å². The van der Waals surface area contributed by atoms with E-state index in [1.807, 2.05) is 30.3 Å². The second-order valence-electron chi connectivity index (χ2n) is 16.5. The number of ether oxygens (including phenoxy) is 1. The third-order valence-electron chi connectivity index (χ3n) is 11.9. The third kappa shape index (κ3) is 10.3. The van der Waals surface area contributed by atoms with Crippen molar-refractivity contribution in [1.29, 1.82) is 0 Å². The summed E-state index contributed by atoms with van der Waals surface area (Å²) in [4.78, 5) is 66.0. The number of benzene rings is 3. The molecule has 1 N–H and O–H groups in total. The molecule has 14 heteroatoms. The van der Waals surface area contributed by atoms with E-state index in [1.165, 1.54) is 4.90 Å². The SMILES string of the molecule is COc1cc(N2CCN(CCCCCCC(=O)Cc3cccc4c3CN(C3CCC(=O)NC3=O)C4=O)CC2)ccc1Cc1ncc(Cl)c(Cc2ccccc2P(C)(C)=O)n1. The molecule has 2 saturated heterocycles. The molecule has 3 aromatic carbocycles. The largest absolute Gasteiger partial charge is 0.496 e. The number of nitrogens with one attached hydrogen (secondary N) is 1. The highest BCUT2D eigenvalue weighted by atomic mass is 35.5. The first kappa shape index (κ1) is 43.2. The number of hydrogen-bond donors (Lipinski definition) is 1. The average Bonchev–Trinajstić information content (AvgIpc) is 3.57. The predicted molar refractivity (Wildman–Crippen MR) is 234 cm³/mol. The highest BCUT2D eigenvalue weighted by Crippen LogP contribution is 2.37. The zero-order valence-corrected chi connectivity index (χ0v) is 36.4. The monoisotopic (exact) mass is 852 g/mol. The van der Waals surface area contributed by atoms with E-state index >= 15 is 0 Å². The molecular formula is C46H54ClN6O6P. The first-order chi connectivity index (χ1) is 28.9. The van der Waals surface area contributed by atoms with Crippen LogP contribution in [0, 0.1) is 0 Å². The maximum Gasteiger partial charge on any atom is 0.255 e. The van der Waals surface area contributed by atoms with Crippen LogP contribution in [-0.4, -0.2) is 102 Å². The second-order valence-corrected chi connectivity index (χ2v) is 20.1. The smallest absolute Gasteiger partial charge is 0.255 e. The Bertz CT molecular complexity index is 2310. The summed E-state index contributed by atoms with van der Waals surface area (Å²) in [6.45, 7) is 8.66. The Kier molecular flexibility index (Phi) is 13.8. The fraction of sp³-hybridized carbons (Fsp3) is 0.435. The number of rotatable bonds is 17. The topological polar surface area (TPSA) is 142 Å². The molecule has 7 rings (SSSR count). The molecule has 1 unspecified atom stereocenters. The molecule has 0 saturated carbocycles. The number of anilines is 1. The minimum atomic E-state index is -2.47. The molecule has 1 atom stereocenters. The summed E-state index contributed by atoms with van der Waals surface area (Å²) in [5, 5.41) is 3.67. The van der Waals surface area contributed by atoms with Crippen LogP contribution in [0.25, 0.3) is 0 Å². The number of piperazine rings is 1. The molecule has 1 aromatic heterocycles. The molecule has 3 aliphatic heterocycles. The van der Waals surface area contributed by atoms with Gasteiger partial charge in [0.15, 0.2) is 0 Å². The average molecular weight is 853 g/mol. The lowest BCUT2D eigenvalue weighted by molar-refractivity contribution is -0.137. The molecule has 3 amide bonds. The number of imide groups is 1. The van der Waals surface area contributed by atoms with Crippen molar-refractivity contribution >= 4 is 53.2 Å². The van der Waals surface area contributed by atoms with Crippen LogP contribution in [0.5, 0.6) is 5.75 Å². The van der Waals surface area contributed by atoms with Gasteiger partial charge in [0.1, 0.15) is 30.5 Å². The number of methoxy groups -OCH3 is 1. The number of amides is 3. The number of fused-ring (bicyclic) bond motifs is 1. The van der Waals surface area contributed by atoms with Gasteiger partial charge in [0.25, 0.3) is 5.91 Å². The Hall–Kier alpha value is -4.90. The molecule has 60 heavy (non-hydrogen) atoms. The van der Waals surface area contributed by atoms with Crippen molar-refractivity contribution in [3.8, 4) is 5.75 Å². The summed E-state index contributed by atoms with van der Waals surface area (Å²) in [6.07, 6.45) is 7.88. The van der Waals surface area contributed by atoms with Crippen molar-refractivity contribution < 1.29 is 28.5 Å². The first-order valence-corrected chi connectivity index (χ1v) is 23.9. The van der Waals surface area contributed by atoms with E-state index < -0.39 is 19.1 Å². The summed E-state index contributed by atoms with van der Waals surface area (Å²) >= 11 is 6.55. The van der Waals surface area contributed by atoms with E-state index in [9.17, 15) is 23.7 Å². The van der Waals surface area contributed by atoms with Crippen LogP contribution in [0.1, 0.15) is 89.1 Å². The van der Waals surface area contributed by atoms with Crippen molar-refractivity contribution in [2.75, 3.05) is 58.1 Å². The minimum Gasteiger partial charge on any atom is -0.496 e. The standard InChI is InChI=1S/C46H54ClN6O6P/c1-59-41-28-34(17-16-32(41)27-43-48-29-38(47)39(49-43)26-33-11-7-8-15-42(33)60(2,3)58)52-23-21-51(22-24-52)20-9-5-4-6-13-35(54)25-31-12-10-14-36-37(31)30-53(46(36)57)40-18-19-44(55)50-45(40)56/h7-8,10-12,14-17,28-29,40H,4-6,9,13,18-27,30H2,1-3H3,(H,50,55,56). The van der Waals surface area contributed by atoms with Gasteiger partial charge in [-0.25, -0.2) is 9.97 Å². The maximum atomic E-state index is 13.1. The normalized spacial score (nSPS) is 17.2.